The second-order valence-corrected chi connectivity index (χ2v) is 8.43. The van der Waals surface area contributed by atoms with Crippen LogP contribution in [0.1, 0.15) is 6.42 Å². The standard InChI is InChI=1S/C21H19N3O6S/c25-24(26)19-14-17(31(27,28)23-15-5-2-1-3-6-15)8-9-18(19)22-16-7-10-20-21(13-16)30-12-4-11-29-20/h1-3,5-10,13-14,22-23H,4,11-12H2. The van der Waals surface area contributed by atoms with E-state index in [-0.39, 0.29) is 16.3 Å². The number of ether oxygens (including phenoxy) is 2. The summed E-state index contributed by atoms with van der Waals surface area (Å²) < 4.78 is 38.9. The molecule has 0 aliphatic carbocycles. The molecule has 0 aromatic heterocycles. The maximum atomic E-state index is 12.7. The highest BCUT2D eigenvalue weighted by atomic mass is 32.2. The molecule has 9 nitrogen and oxygen atoms in total. The van der Waals surface area contributed by atoms with E-state index < -0.39 is 14.9 Å². The maximum Gasteiger partial charge on any atom is 0.294 e. The predicted molar refractivity (Wildman–Crippen MR) is 116 cm³/mol. The first kappa shape index (κ1) is 20.5. The van der Waals surface area contributed by atoms with Gasteiger partial charge >= 0.3 is 0 Å². The summed E-state index contributed by atoms with van der Waals surface area (Å²) in [5.41, 5.74) is 0.686. The number of nitrogens with one attached hydrogen (secondary N) is 2. The number of nitrogens with zero attached hydrogens (tertiary/aromatic N) is 1. The van der Waals surface area contributed by atoms with E-state index in [4.69, 9.17) is 9.47 Å². The van der Waals surface area contributed by atoms with E-state index in [9.17, 15) is 18.5 Å². The van der Waals surface area contributed by atoms with Crippen LogP contribution in [0.2, 0.25) is 0 Å². The number of nitro groups is 1. The highest BCUT2D eigenvalue weighted by molar-refractivity contribution is 7.92. The zero-order chi connectivity index (χ0) is 21.8. The van der Waals surface area contributed by atoms with Gasteiger partial charge in [-0.25, -0.2) is 8.42 Å². The molecule has 3 aromatic carbocycles. The molecule has 0 radical (unpaired) electrons. The summed E-state index contributed by atoms with van der Waals surface area (Å²) in [6.45, 7) is 1.07. The van der Waals surface area contributed by atoms with Gasteiger partial charge in [0.2, 0.25) is 0 Å². The number of para-hydroxylation sites is 1. The van der Waals surface area contributed by atoms with E-state index in [0.29, 0.717) is 36.1 Å². The van der Waals surface area contributed by atoms with Gasteiger partial charge in [0.1, 0.15) is 5.69 Å². The van der Waals surface area contributed by atoms with Gasteiger partial charge in [-0.1, -0.05) is 18.2 Å². The Morgan fingerprint density at radius 2 is 1.61 bits per heavy atom. The lowest BCUT2D eigenvalue weighted by molar-refractivity contribution is -0.384. The summed E-state index contributed by atoms with van der Waals surface area (Å²) >= 11 is 0. The molecular formula is C21H19N3O6S. The number of nitro benzene ring substituents is 1. The monoisotopic (exact) mass is 441 g/mol. The van der Waals surface area contributed by atoms with Crippen molar-refractivity contribution in [1.29, 1.82) is 0 Å². The summed E-state index contributed by atoms with van der Waals surface area (Å²) in [4.78, 5) is 10.8. The third-order valence-corrected chi connectivity index (χ3v) is 5.91. The van der Waals surface area contributed by atoms with E-state index in [1.165, 1.54) is 12.1 Å². The first-order valence-electron chi connectivity index (χ1n) is 9.45. The summed E-state index contributed by atoms with van der Waals surface area (Å²) in [6.07, 6.45) is 0.760. The molecule has 3 aromatic rings. The second-order valence-electron chi connectivity index (χ2n) is 6.74. The largest absolute Gasteiger partial charge is 0.490 e. The van der Waals surface area contributed by atoms with Crippen molar-refractivity contribution in [3.05, 3.63) is 76.8 Å². The normalized spacial score (nSPS) is 13.2. The van der Waals surface area contributed by atoms with Crippen LogP contribution >= 0.6 is 0 Å². The summed E-state index contributed by atoms with van der Waals surface area (Å²) in [7, 11) is -3.99. The number of fused-ring (bicyclic) bond motifs is 1. The molecule has 0 saturated heterocycles. The van der Waals surface area contributed by atoms with Crippen molar-refractivity contribution in [2.75, 3.05) is 23.3 Å². The molecule has 2 N–H and O–H groups in total. The molecule has 0 unspecified atom stereocenters. The zero-order valence-electron chi connectivity index (χ0n) is 16.3. The van der Waals surface area contributed by atoms with Crippen molar-refractivity contribution < 1.29 is 22.8 Å². The number of anilines is 3. The molecule has 1 heterocycles. The molecule has 4 rings (SSSR count). The third-order valence-electron chi connectivity index (χ3n) is 4.53. The topological polar surface area (TPSA) is 120 Å². The van der Waals surface area contributed by atoms with Crippen molar-refractivity contribution in [1.82, 2.24) is 0 Å². The van der Waals surface area contributed by atoms with Crippen LogP contribution in [-0.2, 0) is 10.0 Å². The lowest BCUT2D eigenvalue weighted by atomic mass is 10.2. The second kappa shape index (κ2) is 8.52. The third kappa shape index (κ3) is 4.69. The van der Waals surface area contributed by atoms with Gasteiger partial charge in [0.15, 0.2) is 11.5 Å². The van der Waals surface area contributed by atoms with Crippen LogP contribution in [0.5, 0.6) is 11.5 Å². The average Bonchev–Trinajstić information content (AvgIpc) is 2.99. The van der Waals surface area contributed by atoms with E-state index >= 15 is 0 Å². The molecule has 31 heavy (non-hydrogen) atoms. The average molecular weight is 441 g/mol. The van der Waals surface area contributed by atoms with Crippen LogP contribution in [0.3, 0.4) is 0 Å². The Hall–Kier alpha value is -3.79. The minimum atomic E-state index is -3.99. The minimum absolute atomic E-state index is 0.151. The molecule has 0 fully saturated rings. The predicted octanol–water partition coefficient (Wildman–Crippen LogP) is 4.30. The van der Waals surface area contributed by atoms with Gasteiger partial charge in [0, 0.05) is 29.9 Å². The van der Waals surface area contributed by atoms with Gasteiger partial charge < -0.3 is 14.8 Å². The Morgan fingerprint density at radius 3 is 2.35 bits per heavy atom. The fourth-order valence-electron chi connectivity index (χ4n) is 3.05. The van der Waals surface area contributed by atoms with Crippen LogP contribution in [-0.4, -0.2) is 26.6 Å². The van der Waals surface area contributed by atoms with Crippen LogP contribution < -0.4 is 19.5 Å². The number of hydrogen-bond donors (Lipinski definition) is 2. The molecule has 0 amide bonds. The lowest BCUT2D eigenvalue weighted by Crippen LogP contribution is -2.13. The highest BCUT2D eigenvalue weighted by Crippen LogP contribution is 2.36. The number of benzene rings is 3. The smallest absolute Gasteiger partial charge is 0.294 e. The summed E-state index contributed by atoms with van der Waals surface area (Å²) in [5.74, 6) is 1.14. The summed E-state index contributed by atoms with van der Waals surface area (Å²) in [5, 5.41) is 14.6. The van der Waals surface area contributed by atoms with Crippen LogP contribution in [0.25, 0.3) is 0 Å². The molecule has 0 bridgehead atoms. The number of hydrogen-bond acceptors (Lipinski definition) is 7. The van der Waals surface area contributed by atoms with Crippen LogP contribution in [0.15, 0.2) is 71.6 Å². The molecule has 1 aliphatic rings. The van der Waals surface area contributed by atoms with Gasteiger partial charge in [-0.05, 0) is 36.4 Å². The van der Waals surface area contributed by atoms with Crippen LogP contribution in [0.4, 0.5) is 22.7 Å². The lowest BCUT2D eigenvalue weighted by Gasteiger charge is -2.12. The molecule has 0 saturated carbocycles. The van der Waals surface area contributed by atoms with Gasteiger partial charge in [0.25, 0.3) is 15.7 Å². The van der Waals surface area contributed by atoms with Gasteiger partial charge in [0.05, 0.1) is 23.0 Å². The first-order chi connectivity index (χ1) is 14.9. The highest BCUT2D eigenvalue weighted by Gasteiger charge is 2.22. The Labute approximate surface area is 178 Å². The first-order valence-corrected chi connectivity index (χ1v) is 10.9. The minimum Gasteiger partial charge on any atom is -0.490 e. The van der Waals surface area contributed by atoms with E-state index in [0.717, 1.165) is 12.5 Å². The molecule has 0 spiro atoms. The van der Waals surface area contributed by atoms with Crippen molar-refractivity contribution in [2.24, 2.45) is 0 Å². The number of sulfonamides is 1. The Kier molecular flexibility index (Phi) is 5.63. The van der Waals surface area contributed by atoms with Gasteiger partial charge in [-0.3, -0.25) is 14.8 Å². The van der Waals surface area contributed by atoms with Crippen molar-refractivity contribution in [2.45, 2.75) is 11.3 Å². The molecular weight excluding hydrogens is 422 g/mol. The quantitative estimate of drug-likeness (QED) is 0.432. The molecule has 1 aliphatic heterocycles. The molecule has 0 atom stereocenters. The van der Waals surface area contributed by atoms with E-state index in [1.54, 1.807) is 48.5 Å². The van der Waals surface area contributed by atoms with Gasteiger partial charge in [-0.15, -0.1) is 0 Å². The SMILES string of the molecule is O=[N+]([O-])c1cc(S(=O)(=O)Nc2ccccc2)ccc1Nc1ccc2c(c1)OCCCO2. The summed E-state index contributed by atoms with van der Waals surface area (Å²) in [6, 6.07) is 17.1. The fourth-order valence-corrected chi connectivity index (χ4v) is 4.13. The van der Waals surface area contributed by atoms with Crippen molar-refractivity contribution in [3.63, 3.8) is 0 Å². The van der Waals surface area contributed by atoms with Gasteiger partial charge in [-0.2, -0.15) is 0 Å². The number of rotatable bonds is 6. The van der Waals surface area contributed by atoms with Crippen molar-refractivity contribution in [3.8, 4) is 11.5 Å². The van der Waals surface area contributed by atoms with E-state index in [1.807, 2.05) is 0 Å². The molecule has 160 valence electrons. The fraction of sp³-hybridized carbons (Fsp3) is 0.143. The Morgan fingerprint density at radius 1 is 0.871 bits per heavy atom. The molecule has 10 heteroatoms. The van der Waals surface area contributed by atoms with Crippen molar-refractivity contribution >= 4 is 32.8 Å². The maximum absolute atomic E-state index is 12.7. The Balaban J connectivity index is 1.62. The Bertz CT molecular complexity index is 1220. The van der Waals surface area contributed by atoms with E-state index in [2.05, 4.69) is 10.0 Å². The zero-order valence-corrected chi connectivity index (χ0v) is 17.1. The van der Waals surface area contributed by atoms with Crippen LogP contribution in [0, 0.1) is 10.1 Å².